The lowest BCUT2D eigenvalue weighted by Gasteiger charge is -2.04. The molecule has 0 saturated carbocycles. The van der Waals surface area contributed by atoms with Crippen LogP contribution in [-0.4, -0.2) is 20.7 Å². The lowest BCUT2D eigenvalue weighted by Crippen LogP contribution is -2.13. The van der Waals surface area contributed by atoms with Crippen molar-refractivity contribution in [3.63, 3.8) is 0 Å². The van der Waals surface area contributed by atoms with Crippen LogP contribution in [0.3, 0.4) is 0 Å². The summed E-state index contributed by atoms with van der Waals surface area (Å²) >= 11 is 11.5. The van der Waals surface area contributed by atoms with Gasteiger partial charge in [-0.2, -0.15) is 0 Å². The minimum absolute atomic E-state index is 0.0239. The van der Waals surface area contributed by atoms with Crippen LogP contribution in [-0.2, 0) is 15.6 Å². The van der Waals surface area contributed by atoms with Crippen LogP contribution in [0.15, 0.2) is 18.2 Å². The van der Waals surface area contributed by atoms with Crippen molar-refractivity contribution in [2.45, 2.75) is 12.2 Å². The largest absolute Gasteiger partial charge is 0.330 e. The second kappa shape index (κ2) is 5.87. The number of hydrogen-bond acceptors (Lipinski definition) is 3. The highest BCUT2D eigenvalue weighted by Crippen LogP contribution is 2.23. The third-order valence-electron chi connectivity index (χ3n) is 2.03. The van der Waals surface area contributed by atoms with Crippen molar-refractivity contribution in [3.8, 4) is 0 Å². The van der Waals surface area contributed by atoms with Crippen molar-refractivity contribution in [1.82, 2.24) is 0 Å². The van der Waals surface area contributed by atoms with Crippen molar-refractivity contribution >= 4 is 33.0 Å². The first-order valence-corrected chi connectivity index (χ1v) is 7.37. The van der Waals surface area contributed by atoms with Gasteiger partial charge >= 0.3 is 0 Å². The third kappa shape index (κ3) is 4.29. The molecule has 90 valence electrons. The van der Waals surface area contributed by atoms with E-state index in [1.807, 2.05) is 0 Å². The molecule has 0 amide bonds. The SMILES string of the molecule is NCCCS(=O)(=O)Cc1ccc(Cl)c(Cl)c1. The molecule has 1 rings (SSSR count). The number of hydrogen-bond donors (Lipinski definition) is 1. The second-order valence-electron chi connectivity index (χ2n) is 3.48. The summed E-state index contributed by atoms with van der Waals surface area (Å²) in [5, 5.41) is 0.790. The average Bonchev–Trinajstić information content (AvgIpc) is 2.20. The highest BCUT2D eigenvalue weighted by Gasteiger charge is 2.12. The van der Waals surface area contributed by atoms with Crippen LogP contribution >= 0.6 is 23.2 Å². The first-order chi connectivity index (χ1) is 7.44. The van der Waals surface area contributed by atoms with E-state index in [9.17, 15) is 8.42 Å². The molecule has 0 aliphatic carbocycles. The Morgan fingerprint density at radius 2 is 1.88 bits per heavy atom. The maximum atomic E-state index is 11.6. The molecule has 0 aliphatic heterocycles. The molecule has 0 bridgehead atoms. The Morgan fingerprint density at radius 3 is 2.44 bits per heavy atom. The predicted molar refractivity (Wildman–Crippen MR) is 67.6 cm³/mol. The molecule has 0 aliphatic rings. The Morgan fingerprint density at radius 1 is 1.19 bits per heavy atom. The Balaban J connectivity index is 2.76. The van der Waals surface area contributed by atoms with Crippen LogP contribution in [0, 0.1) is 0 Å². The van der Waals surface area contributed by atoms with E-state index in [4.69, 9.17) is 28.9 Å². The second-order valence-corrected chi connectivity index (χ2v) is 6.48. The zero-order chi connectivity index (χ0) is 12.2. The van der Waals surface area contributed by atoms with Crippen LogP contribution in [0.25, 0.3) is 0 Å². The molecule has 1 aromatic carbocycles. The highest BCUT2D eigenvalue weighted by atomic mass is 35.5. The lowest BCUT2D eigenvalue weighted by molar-refractivity contribution is 0.593. The molecule has 16 heavy (non-hydrogen) atoms. The van der Waals surface area contributed by atoms with Crippen LogP contribution in [0.4, 0.5) is 0 Å². The molecular formula is C10H13Cl2NO2S. The Bertz CT molecular complexity index is 460. The molecule has 0 spiro atoms. The summed E-state index contributed by atoms with van der Waals surface area (Å²) in [6.07, 6.45) is 0.476. The summed E-state index contributed by atoms with van der Waals surface area (Å²) in [5.41, 5.74) is 5.91. The topological polar surface area (TPSA) is 60.2 Å². The smallest absolute Gasteiger partial charge is 0.154 e. The minimum Gasteiger partial charge on any atom is -0.330 e. The van der Waals surface area contributed by atoms with Gasteiger partial charge in [-0.3, -0.25) is 0 Å². The monoisotopic (exact) mass is 281 g/mol. The average molecular weight is 282 g/mol. The lowest BCUT2D eigenvalue weighted by atomic mass is 10.2. The number of rotatable bonds is 5. The van der Waals surface area contributed by atoms with Crippen molar-refractivity contribution in [2.75, 3.05) is 12.3 Å². The molecule has 0 saturated heterocycles. The molecule has 1 aromatic rings. The molecule has 0 radical (unpaired) electrons. The summed E-state index contributed by atoms with van der Waals surface area (Å²) < 4.78 is 23.2. The van der Waals surface area contributed by atoms with Crippen LogP contribution in [0.1, 0.15) is 12.0 Å². The van der Waals surface area contributed by atoms with Gasteiger partial charge in [-0.1, -0.05) is 29.3 Å². The van der Waals surface area contributed by atoms with E-state index in [1.54, 1.807) is 18.2 Å². The van der Waals surface area contributed by atoms with E-state index < -0.39 is 9.84 Å². The molecule has 0 aromatic heterocycles. The van der Waals surface area contributed by atoms with Gasteiger partial charge in [-0.05, 0) is 30.7 Å². The van der Waals surface area contributed by atoms with Gasteiger partial charge in [-0.25, -0.2) is 8.42 Å². The molecule has 0 unspecified atom stereocenters. The molecule has 2 N–H and O–H groups in total. The number of sulfone groups is 1. The molecule has 6 heteroatoms. The molecule has 3 nitrogen and oxygen atoms in total. The normalized spacial score (nSPS) is 11.7. The zero-order valence-corrected chi connectivity index (χ0v) is 10.9. The van der Waals surface area contributed by atoms with Gasteiger partial charge in [0.15, 0.2) is 9.84 Å². The summed E-state index contributed by atoms with van der Waals surface area (Å²) in [6, 6.07) is 4.83. The molecule has 0 atom stereocenters. The van der Waals surface area contributed by atoms with E-state index in [2.05, 4.69) is 0 Å². The number of nitrogens with two attached hydrogens (primary N) is 1. The molecule has 0 heterocycles. The Kier molecular flexibility index (Phi) is 5.05. The van der Waals surface area contributed by atoms with E-state index in [-0.39, 0.29) is 11.5 Å². The maximum Gasteiger partial charge on any atom is 0.154 e. The summed E-state index contributed by atoms with van der Waals surface area (Å²) in [6.45, 7) is 0.376. The van der Waals surface area contributed by atoms with Crippen LogP contribution < -0.4 is 5.73 Å². The fourth-order valence-electron chi connectivity index (χ4n) is 1.26. The van der Waals surface area contributed by atoms with Crippen molar-refractivity contribution in [3.05, 3.63) is 33.8 Å². The zero-order valence-electron chi connectivity index (χ0n) is 8.62. The van der Waals surface area contributed by atoms with Crippen LogP contribution in [0.5, 0.6) is 0 Å². The fourth-order valence-corrected chi connectivity index (χ4v) is 3.02. The minimum atomic E-state index is -3.11. The van der Waals surface area contributed by atoms with Gasteiger partial charge in [0.2, 0.25) is 0 Å². The van der Waals surface area contributed by atoms with Crippen molar-refractivity contribution < 1.29 is 8.42 Å². The van der Waals surface area contributed by atoms with E-state index in [0.717, 1.165) is 0 Å². The summed E-state index contributed by atoms with van der Waals surface area (Å²) in [4.78, 5) is 0. The molecule has 0 fully saturated rings. The number of benzene rings is 1. The molecular weight excluding hydrogens is 269 g/mol. The summed E-state index contributed by atoms with van der Waals surface area (Å²) in [7, 11) is -3.11. The van der Waals surface area contributed by atoms with Crippen LogP contribution in [0.2, 0.25) is 10.0 Å². The van der Waals surface area contributed by atoms with Gasteiger partial charge in [0.1, 0.15) is 0 Å². The van der Waals surface area contributed by atoms with E-state index in [1.165, 1.54) is 0 Å². The third-order valence-corrected chi connectivity index (χ3v) is 4.45. The first kappa shape index (κ1) is 13.8. The van der Waals surface area contributed by atoms with Gasteiger partial charge < -0.3 is 5.73 Å². The first-order valence-electron chi connectivity index (χ1n) is 4.79. The maximum absolute atomic E-state index is 11.6. The Labute approximate surface area is 105 Å². The number of halogens is 2. The predicted octanol–water partition coefficient (Wildman–Crippen LogP) is 2.26. The Hall–Kier alpha value is -0.290. The van der Waals surface area contributed by atoms with Gasteiger partial charge in [0, 0.05) is 0 Å². The van der Waals surface area contributed by atoms with Crippen molar-refractivity contribution in [2.24, 2.45) is 5.73 Å². The summed E-state index contributed by atoms with van der Waals surface area (Å²) in [5.74, 6) is 0.0770. The van der Waals surface area contributed by atoms with Gasteiger partial charge in [0.25, 0.3) is 0 Å². The fraction of sp³-hybridized carbons (Fsp3) is 0.400. The van der Waals surface area contributed by atoms with E-state index >= 15 is 0 Å². The van der Waals surface area contributed by atoms with Crippen molar-refractivity contribution in [1.29, 1.82) is 0 Å². The van der Waals surface area contributed by atoms with Gasteiger partial charge in [0.05, 0.1) is 21.6 Å². The highest BCUT2D eigenvalue weighted by molar-refractivity contribution is 7.90. The standard InChI is InChI=1S/C10H13Cl2NO2S/c11-9-3-2-8(6-10(9)12)7-16(14,15)5-1-4-13/h2-3,6H,1,4-5,7,13H2. The van der Waals surface area contributed by atoms with Gasteiger partial charge in [-0.15, -0.1) is 0 Å². The van der Waals surface area contributed by atoms with E-state index in [0.29, 0.717) is 28.6 Å². The quantitative estimate of drug-likeness (QED) is 0.901.